The molecular weight excluding hydrogens is 348 g/mol. The molecule has 4 nitrogen and oxygen atoms in total. The SMILES string of the molecule is Cn1cc(C(=O)Nc2ccccc2-c2ccc(Cl)c(F)c2)c(CF)n1. The second kappa shape index (κ2) is 7.03. The molecule has 2 aromatic carbocycles. The minimum atomic E-state index is -0.840. The Bertz CT molecular complexity index is 940. The predicted octanol–water partition coefficient (Wildman–Crippen LogP) is 4.60. The van der Waals surface area contributed by atoms with Gasteiger partial charge in [0.05, 0.1) is 10.6 Å². The molecule has 0 bridgehead atoms. The molecule has 1 aromatic heterocycles. The molecule has 1 heterocycles. The van der Waals surface area contributed by atoms with Gasteiger partial charge in [-0.1, -0.05) is 35.9 Å². The van der Waals surface area contributed by atoms with E-state index in [1.807, 2.05) is 0 Å². The number of anilines is 1. The van der Waals surface area contributed by atoms with Gasteiger partial charge in [0.1, 0.15) is 18.2 Å². The lowest BCUT2D eigenvalue weighted by Crippen LogP contribution is -2.13. The number of nitrogens with one attached hydrogen (secondary N) is 1. The molecule has 0 spiro atoms. The molecule has 0 saturated carbocycles. The zero-order valence-electron chi connectivity index (χ0n) is 13.3. The van der Waals surface area contributed by atoms with Gasteiger partial charge in [0.25, 0.3) is 5.91 Å². The lowest BCUT2D eigenvalue weighted by atomic mass is 10.0. The lowest BCUT2D eigenvalue weighted by molar-refractivity contribution is 0.102. The molecule has 0 radical (unpaired) electrons. The quantitative estimate of drug-likeness (QED) is 0.738. The number of hydrogen-bond donors (Lipinski definition) is 1. The highest BCUT2D eigenvalue weighted by Gasteiger charge is 2.17. The standard InChI is InChI=1S/C18H14ClF2N3O/c1-24-10-13(17(9-20)23-24)18(25)22-16-5-3-2-4-12(16)11-6-7-14(19)15(21)8-11/h2-8,10H,9H2,1H3,(H,22,25). The molecule has 0 aliphatic heterocycles. The van der Waals surface area contributed by atoms with Crippen molar-refractivity contribution >= 4 is 23.2 Å². The van der Waals surface area contributed by atoms with Gasteiger partial charge in [0.15, 0.2) is 0 Å². The van der Waals surface area contributed by atoms with Gasteiger partial charge >= 0.3 is 0 Å². The number of amides is 1. The van der Waals surface area contributed by atoms with Gasteiger partial charge in [-0.2, -0.15) is 5.10 Å². The number of carbonyl (C=O) groups excluding carboxylic acids is 1. The molecule has 0 aliphatic carbocycles. The maximum Gasteiger partial charge on any atom is 0.259 e. The molecule has 3 aromatic rings. The van der Waals surface area contributed by atoms with E-state index in [0.29, 0.717) is 16.8 Å². The molecule has 1 amide bonds. The van der Waals surface area contributed by atoms with Crippen molar-refractivity contribution in [3.8, 4) is 11.1 Å². The first kappa shape index (κ1) is 17.1. The van der Waals surface area contributed by atoms with Gasteiger partial charge in [0, 0.05) is 24.5 Å². The molecule has 0 fully saturated rings. The Morgan fingerprint density at radius 3 is 2.76 bits per heavy atom. The second-order valence-electron chi connectivity index (χ2n) is 5.43. The number of benzene rings is 2. The van der Waals surface area contributed by atoms with Crippen molar-refractivity contribution in [2.24, 2.45) is 7.05 Å². The molecule has 3 rings (SSSR count). The summed E-state index contributed by atoms with van der Waals surface area (Å²) in [5.74, 6) is -1.03. The average molecular weight is 362 g/mol. The maximum absolute atomic E-state index is 13.8. The summed E-state index contributed by atoms with van der Waals surface area (Å²) in [5.41, 5.74) is 1.88. The van der Waals surface area contributed by atoms with Crippen molar-refractivity contribution < 1.29 is 13.6 Å². The van der Waals surface area contributed by atoms with Gasteiger partial charge < -0.3 is 5.32 Å². The van der Waals surface area contributed by atoms with E-state index in [-0.39, 0.29) is 16.3 Å². The number of para-hydroxylation sites is 1. The summed E-state index contributed by atoms with van der Waals surface area (Å²) in [5, 5.41) is 6.66. The number of nitrogens with zero attached hydrogens (tertiary/aromatic N) is 2. The number of halogens is 3. The maximum atomic E-state index is 13.8. The Labute approximate surface area is 148 Å². The number of aryl methyl sites for hydroxylation is 1. The van der Waals surface area contributed by atoms with Gasteiger partial charge in [-0.05, 0) is 23.8 Å². The third-order valence-corrected chi connectivity index (χ3v) is 3.99. The summed E-state index contributed by atoms with van der Waals surface area (Å²) in [7, 11) is 1.61. The fourth-order valence-electron chi connectivity index (χ4n) is 2.52. The van der Waals surface area contributed by atoms with Crippen LogP contribution in [0.4, 0.5) is 14.5 Å². The first-order valence-electron chi connectivity index (χ1n) is 7.44. The van der Waals surface area contributed by atoms with Gasteiger partial charge in [-0.25, -0.2) is 8.78 Å². The Hall–Kier alpha value is -2.73. The van der Waals surface area contributed by atoms with Crippen LogP contribution in [0.15, 0.2) is 48.7 Å². The van der Waals surface area contributed by atoms with E-state index in [9.17, 15) is 13.6 Å². The summed E-state index contributed by atoms with van der Waals surface area (Å²) < 4.78 is 28.1. The highest BCUT2D eigenvalue weighted by atomic mass is 35.5. The Morgan fingerprint density at radius 1 is 1.28 bits per heavy atom. The summed E-state index contributed by atoms with van der Waals surface area (Å²) in [6.07, 6.45) is 1.45. The molecule has 7 heteroatoms. The monoisotopic (exact) mass is 361 g/mol. The molecule has 0 atom stereocenters. The van der Waals surface area contributed by atoms with E-state index >= 15 is 0 Å². The number of carbonyl (C=O) groups is 1. The molecular formula is C18H14ClF2N3O. The number of rotatable bonds is 4. The third kappa shape index (κ3) is 3.53. The molecule has 0 saturated heterocycles. The van der Waals surface area contributed by atoms with Crippen LogP contribution in [0.1, 0.15) is 16.1 Å². The van der Waals surface area contributed by atoms with Crippen molar-refractivity contribution in [2.75, 3.05) is 5.32 Å². The van der Waals surface area contributed by atoms with Crippen LogP contribution in [0.25, 0.3) is 11.1 Å². The van der Waals surface area contributed by atoms with E-state index < -0.39 is 18.4 Å². The van der Waals surface area contributed by atoms with E-state index in [4.69, 9.17) is 11.6 Å². The van der Waals surface area contributed by atoms with E-state index in [1.54, 1.807) is 37.4 Å². The molecule has 25 heavy (non-hydrogen) atoms. The highest BCUT2D eigenvalue weighted by molar-refractivity contribution is 6.30. The van der Waals surface area contributed by atoms with E-state index in [2.05, 4.69) is 10.4 Å². The summed E-state index contributed by atoms with van der Waals surface area (Å²) in [4.78, 5) is 12.5. The largest absolute Gasteiger partial charge is 0.321 e. The smallest absolute Gasteiger partial charge is 0.259 e. The lowest BCUT2D eigenvalue weighted by Gasteiger charge is -2.11. The summed E-state index contributed by atoms with van der Waals surface area (Å²) in [6.45, 7) is -0.840. The van der Waals surface area contributed by atoms with Crippen LogP contribution in [0, 0.1) is 5.82 Å². The minimum Gasteiger partial charge on any atom is -0.321 e. The first-order chi connectivity index (χ1) is 12.0. The number of hydrogen-bond acceptors (Lipinski definition) is 2. The van der Waals surface area contributed by atoms with Crippen molar-refractivity contribution in [1.29, 1.82) is 0 Å². The van der Waals surface area contributed by atoms with Crippen LogP contribution in [0.5, 0.6) is 0 Å². The van der Waals surface area contributed by atoms with Gasteiger partial charge in [-0.3, -0.25) is 9.48 Å². The van der Waals surface area contributed by atoms with Crippen LogP contribution in [0.3, 0.4) is 0 Å². The van der Waals surface area contributed by atoms with Crippen LogP contribution in [0.2, 0.25) is 5.02 Å². The Balaban J connectivity index is 1.96. The van der Waals surface area contributed by atoms with Gasteiger partial charge in [-0.15, -0.1) is 0 Å². The van der Waals surface area contributed by atoms with Crippen molar-refractivity contribution in [1.82, 2.24) is 9.78 Å². The van der Waals surface area contributed by atoms with Crippen LogP contribution in [-0.2, 0) is 13.7 Å². The zero-order valence-corrected chi connectivity index (χ0v) is 14.0. The topological polar surface area (TPSA) is 46.9 Å². The van der Waals surface area contributed by atoms with E-state index in [1.165, 1.54) is 23.0 Å². The molecule has 128 valence electrons. The number of aromatic nitrogens is 2. The predicted molar refractivity (Wildman–Crippen MR) is 92.8 cm³/mol. The minimum absolute atomic E-state index is 0.0215. The second-order valence-corrected chi connectivity index (χ2v) is 5.83. The number of alkyl halides is 1. The van der Waals surface area contributed by atoms with Crippen LogP contribution < -0.4 is 5.32 Å². The van der Waals surface area contributed by atoms with Gasteiger partial charge in [0.2, 0.25) is 0 Å². The Kier molecular flexibility index (Phi) is 4.81. The zero-order chi connectivity index (χ0) is 18.0. The Morgan fingerprint density at radius 2 is 2.04 bits per heavy atom. The average Bonchev–Trinajstić information content (AvgIpc) is 2.99. The summed E-state index contributed by atoms with van der Waals surface area (Å²) in [6, 6.07) is 11.4. The van der Waals surface area contributed by atoms with Crippen molar-refractivity contribution in [3.05, 3.63) is 70.8 Å². The fourth-order valence-corrected chi connectivity index (χ4v) is 2.64. The van der Waals surface area contributed by atoms with Crippen LogP contribution in [-0.4, -0.2) is 15.7 Å². The normalized spacial score (nSPS) is 10.7. The van der Waals surface area contributed by atoms with Crippen molar-refractivity contribution in [2.45, 2.75) is 6.67 Å². The first-order valence-corrected chi connectivity index (χ1v) is 7.81. The molecule has 0 aliphatic rings. The van der Waals surface area contributed by atoms with Crippen molar-refractivity contribution in [3.63, 3.8) is 0 Å². The third-order valence-electron chi connectivity index (χ3n) is 3.68. The molecule has 1 N–H and O–H groups in total. The van der Waals surface area contributed by atoms with Crippen LogP contribution >= 0.6 is 11.6 Å². The fraction of sp³-hybridized carbons (Fsp3) is 0.111. The van der Waals surface area contributed by atoms with E-state index in [0.717, 1.165) is 0 Å². The molecule has 0 unspecified atom stereocenters. The highest BCUT2D eigenvalue weighted by Crippen LogP contribution is 2.30. The summed E-state index contributed by atoms with van der Waals surface area (Å²) >= 11 is 5.72.